The number of imide groups is 1. The van der Waals surface area contributed by atoms with Crippen LogP contribution in [0.3, 0.4) is 0 Å². The van der Waals surface area contributed by atoms with E-state index in [9.17, 15) is 19.2 Å². The second kappa shape index (κ2) is 15.7. The molecule has 5 amide bonds. The summed E-state index contributed by atoms with van der Waals surface area (Å²) in [5.41, 5.74) is 7.19. The number of nitrogens with zero attached hydrogens (tertiary/aromatic N) is 8. The Labute approximate surface area is 345 Å². The third-order valence-electron chi connectivity index (χ3n) is 12.5. The van der Waals surface area contributed by atoms with Crippen molar-refractivity contribution < 1.29 is 32.7 Å². The first-order valence-corrected chi connectivity index (χ1v) is 20.6. The normalized spacial score (nSPS) is 17.3. The molecule has 312 valence electrons. The summed E-state index contributed by atoms with van der Waals surface area (Å²) in [6, 6.07) is 10.2. The number of piperidine rings is 1. The van der Waals surface area contributed by atoms with Gasteiger partial charge < -0.3 is 24.0 Å². The molecule has 7 heterocycles. The summed E-state index contributed by atoms with van der Waals surface area (Å²) in [5, 5.41) is 8.42. The van der Waals surface area contributed by atoms with Crippen molar-refractivity contribution in [3.63, 3.8) is 0 Å². The van der Waals surface area contributed by atoms with Crippen molar-refractivity contribution in [1.82, 2.24) is 34.4 Å². The minimum atomic E-state index is -2.72. The van der Waals surface area contributed by atoms with E-state index in [0.29, 0.717) is 80.5 Å². The van der Waals surface area contributed by atoms with Crippen molar-refractivity contribution >= 4 is 51.8 Å². The van der Waals surface area contributed by atoms with Gasteiger partial charge >= 0.3 is 6.03 Å². The van der Waals surface area contributed by atoms with E-state index in [-0.39, 0.29) is 48.9 Å². The molecule has 0 aliphatic carbocycles. The monoisotopic (exact) mass is 819 g/mol. The lowest BCUT2D eigenvalue weighted by Gasteiger charge is -2.34. The minimum Gasteiger partial charge on any atom is -0.484 e. The fourth-order valence-electron chi connectivity index (χ4n) is 9.31. The molecule has 2 fully saturated rings. The van der Waals surface area contributed by atoms with E-state index in [2.05, 4.69) is 19.9 Å². The Morgan fingerprint density at radius 1 is 0.933 bits per heavy atom. The van der Waals surface area contributed by atoms with Crippen molar-refractivity contribution in [3.8, 4) is 16.9 Å². The van der Waals surface area contributed by atoms with Gasteiger partial charge in [-0.25, -0.2) is 13.6 Å². The zero-order chi connectivity index (χ0) is 41.8. The van der Waals surface area contributed by atoms with E-state index in [1.807, 2.05) is 47.8 Å². The summed E-state index contributed by atoms with van der Waals surface area (Å²) in [6.07, 6.45) is 6.26. The molecule has 0 saturated carbocycles. The van der Waals surface area contributed by atoms with Crippen molar-refractivity contribution in [2.24, 2.45) is 7.05 Å². The van der Waals surface area contributed by atoms with Crippen molar-refractivity contribution in [3.05, 3.63) is 82.9 Å². The number of ether oxygens (including phenoxy) is 1. The molecule has 4 aliphatic heterocycles. The average molecular weight is 820 g/mol. The number of carbonyl (C=O) groups is 4. The maximum atomic E-state index is 15.1. The Bertz CT molecular complexity index is 2540. The van der Waals surface area contributed by atoms with Gasteiger partial charge in [0.25, 0.3) is 12.3 Å². The number of alkyl halides is 2. The standard InChI is InChI=1S/C44H47F2N9O5/c1-26-6-7-30(20-38(26)54-18-12-40(57)48-44(54)59)60-25-41(58)51-15-9-29(10-16-51)55-37-11-17-52(27(2)56)24-35(37)43(49-55)53-14-4-5-28-19-31(32(42(45)46)21-39(28)53)34-23-50(3)36-8-13-47-22-33(34)36/h6-8,13,19-23,29,42H,4-5,9-12,14-18,24-25H2,1-3H3,(H,48,57,59). The Kier molecular flexibility index (Phi) is 10.2. The first-order chi connectivity index (χ1) is 28.9. The molecule has 5 aromatic rings. The van der Waals surface area contributed by atoms with Gasteiger partial charge in [-0.15, -0.1) is 0 Å². The van der Waals surface area contributed by atoms with Gasteiger partial charge in [-0.05, 0) is 73.6 Å². The zero-order valence-corrected chi connectivity index (χ0v) is 33.9. The van der Waals surface area contributed by atoms with Crippen LogP contribution in [0.4, 0.5) is 30.8 Å². The zero-order valence-electron chi connectivity index (χ0n) is 33.9. The molecule has 2 saturated heterocycles. The number of carbonyl (C=O) groups excluding carboxylic acids is 4. The van der Waals surface area contributed by atoms with Crippen LogP contribution in [0.5, 0.6) is 5.75 Å². The first-order valence-electron chi connectivity index (χ1n) is 20.6. The molecular formula is C44H47F2N9O5. The number of benzene rings is 2. The van der Waals surface area contributed by atoms with Crippen LogP contribution in [0.2, 0.25) is 0 Å². The van der Waals surface area contributed by atoms with Gasteiger partial charge in [0, 0.05) is 118 Å². The molecule has 4 aliphatic rings. The SMILES string of the molecule is CC(=O)N1CCc2c(c(N3CCCc4cc(-c5cn(C)c6ccncc56)c(C(F)F)cc43)nn2C2CCN(C(=O)COc3ccc(C)c(N4CCC(=O)NC4=O)c3)CC2)C1. The van der Waals surface area contributed by atoms with Crippen molar-refractivity contribution in [2.75, 3.05) is 49.1 Å². The molecule has 3 aromatic heterocycles. The second-order valence-electron chi connectivity index (χ2n) is 16.2. The van der Waals surface area contributed by atoms with E-state index >= 15 is 8.78 Å². The Morgan fingerprint density at radius 2 is 1.75 bits per heavy atom. The van der Waals surface area contributed by atoms with E-state index in [4.69, 9.17) is 9.84 Å². The molecule has 0 atom stereocenters. The summed E-state index contributed by atoms with van der Waals surface area (Å²) in [6.45, 7) is 6.04. The highest BCUT2D eigenvalue weighted by Crippen LogP contribution is 2.45. The van der Waals surface area contributed by atoms with Gasteiger partial charge in [-0.1, -0.05) is 6.07 Å². The van der Waals surface area contributed by atoms with Crippen LogP contribution in [-0.4, -0.2) is 92.2 Å². The number of aryl methyl sites for hydroxylation is 3. The number of likely N-dealkylation sites (tertiary alicyclic amines) is 1. The van der Waals surface area contributed by atoms with Gasteiger partial charge in [-0.2, -0.15) is 5.10 Å². The van der Waals surface area contributed by atoms with Crippen LogP contribution < -0.4 is 19.9 Å². The number of hydrogen-bond acceptors (Lipinski definition) is 8. The number of fused-ring (bicyclic) bond motifs is 3. The summed E-state index contributed by atoms with van der Waals surface area (Å²) in [5.74, 6) is 0.637. The lowest BCUT2D eigenvalue weighted by molar-refractivity contribution is -0.134. The quantitative estimate of drug-likeness (QED) is 0.191. The topological polar surface area (TPSA) is 138 Å². The van der Waals surface area contributed by atoms with Gasteiger partial charge in [0.05, 0.1) is 23.8 Å². The van der Waals surface area contributed by atoms with Gasteiger partial charge in [0.1, 0.15) is 5.75 Å². The number of pyridine rings is 1. The van der Waals surface area contributed by atoms with Crippen LogP contribution in [0.25, 0.3) is 22.0 Å². The highest BCUT2D eigenvalue weighted by atomic mass is 19.3. The van der Waals surface area contributed by atoms with E-state index < -0.39 is 12.5 Å². The average Bonchev–Trinajstić information content (AvgIpc) is 3.80. The molecule has 9 rings (SSSR count). The number of halogens is 2. The molecule has 14 nitrogen and oxygen atoms in total. The number of hydrogen-bond donors (Lipinski definition) is 1. The van der Waals surface area contributed by atoms with E-state index in [1.54, 1.807) is 42.4 Å². The van der Waals surface area contributed by atoms with Crippen LogP contribution in [0.15, 0.2) is 55.0 Å². The predicted molar refractivity (Wildman–Crippen MR) is 220 cm³/mol. The maximum Gasteiger partial charge on any atom is 0.328 e. The molecule has 16 heteroatoms. The number of amides is 5. The number of rotatable bonds is 8. The summed E-state index contributed by atoms with van der Waals surface area (Å²) >= 11 is 0. The van der Waals surface area contributed by atoms with E-state index in [1.165, 1.54) is 4.90 Å². The lowest BCUT2D eigenvalue weighted by Crippen LogP contribution is -2.49. The smallest absolute Gasteiger partial charge is 0.328 e. The Balaban J connectivity index is 0.952. The summed E-state index contributed by atoms with van der Waals surface area (Å²) in [7, 11) is 1.91. The summed E-state index contributed by atoms with van der Waals surface area (Å²) < 4.78 is 40.1. The number of aromatic nitrogens is 4. The largest absolute Gasteiger partial charge is 0.484 e. The number of anilines is 3. The first kappa shape index (κ1) is 39.2. The Hall–Kier alpha value is -6.32. The number of nitrogens with one attached hydrogen (secondary N) is 1. The highest BCUT2D eigenvalue weighted by Gasteiger charge is 2.35. The molecule has 0 bridgehead atoms. The van der Waals surface area contributed by atoms with Crippen molar-refractivity contribution in [2.45, 2.75) is 71.4 Å². The molecule has 0 spiro atoms. The third-order valence-corrected chi connectivity index (χ3v) is 12.5. The third kappa shape index (κ3) is 7.11. The van der Waals surface area contributed by atoms with Crippen molar-refractivity contribution in [1.29, 1.82) is 0 Å². The highest BCUT2D eigenvalue weighted by molar-refractivity contribution is 6.06. The molecule has 60 heavy (non-hydrogen) atoms. The fraction of sp³-hybridized carbons (Fsp3) is 0.409. The molecule has 1 N–H and O–H groups in total. The predicted octanol–water partition coefficient (Wildman–Crippen LogP) is 6.36. The maximum absolute atomic E-state index is 15.1. The summed E-state index contributed by atoms with van der Waals surface area (Å²) in [4.78, 5) is 61.7. The van der Waals surface area contributed by atoms with Gasteiger partial charge in [-0.3, -0.25) is 34.3 Å². The number of urea groups is 1. The minimum absolute atomic E-state index is 0.00759. The van der Waals surface area contributed by atoms with Gasteiger partial charge in [0.15, 0.2) is 12.4 Å². The van der Waals surface area contributed by atoms with Crippen LogP contribution in [-0.2, 0) is 40.8 Å². The molecule has 0 radical (unpaired) electrons. The molecular weight excluding hydrogens is 773 g/mol. The second-order valence-corrected chi connectivity index (χ2v) is 16.2. The molecule has 0 unspecified atom stereocenters. The van der Waals surface area contributed by atoms with Crippen LogP contribution in [0.1, 0.15) is 73.0 Å². The Morgan fingerprint density at radius 3 is 2.52 bits per heavy atom. The lowest BCUT2D eigenvalue weighted by atomic mass is 9.91. The molecule has 2 aromatic carbocycles. The van der Waals surface area contributed by atoms with Crippen LogP contribution in [0, 0.1) is 6.92 Å². The van der Waals surface area contributed by atoms with E-state index in [0.717, 1.165) is 51.7 Å². The van der Waals surface area contributed by atoms with Crippen LogP contribution >= 0.6 is 0 Å². The fourth-order valence-corrected chi connectivity index (χ4v) is 9.31. The van der Waals surface area contributed by atoms with Gasteiger partial charge in [0.2, 0.25) is 11.8 Å².